The highest BCUT2D eigenvalue weighted by Crippen LogP contribution is 2.14. The molecule has 0 aromatic rings. The number of aliphatic carboxylic acids is 1. The monoisotopic (exact) mass is 259 g/mol. The van der Waals surface area contributed by atoms with Crippen LogP contribution < -0.4 is 4.89 Å². The van der Waals surface area contributed by atoms with Crippen molar-refractivity contribution in [1.82, 2.24) is 0 Å². The van der Waals surface area contributed by atoms with Gasteiger partial charge in [0.05, 0.1) is 38.6 Å². The second-order valence-electron chi connectivity index (χ2n) is 3.65. The molecule has 0 aliphatic heterocycles. The van der Waals surface area contributed by atoms with Crippen molar-refractivity contribution in [3.63, 3.8) is 0 Å². The molecule has 17 heavy (non-hydrogen) atoms. The average Bonchev–Trinajstić information content (AvgIpc) is 2.29. The maximum absolute atomic E-state index is 11.4. The van der Waals surface area contributed by atoms with Gasteiger partial charge in [-0.15, -0.1) is 0 Å². The smallest absolute Gasteiger partial charge is 0.304 e. The van der Waals surface area contributed by atoms with E-state index in [1.807, 2.05) is 13.0 Å². The normalized spacial score (nSPS) is 13.1. The van der Waals surface area contributed by atoms with Crippen molar-refractivity contribution >= 4 is 19.5 Å². The molecule has 0 saturated heterocycles. The Balaban J connectivity index is 3.87. The van der Waals surface area contributed by atoms with Gasteiger partial charge in [-0.25, -0.2) is 0 Å². The molecular formula is C11H18NO4P. The van der Waals surface area contributed by atoms with E-state index in [9.17, 15) is 9.69 Å². The molecule has 0 radical (unpaired) electrons. The van der Waals surface area contributed by atoms with E-state index in [0.29, 0.717) is 6.61 Å². The molecule has 1 N–H and O–H groups in total. The number of nitrogens with zero attached hydrogens (tertiary/aromatic N) is 1. The Morgan fingerprint density at radius 1 is 1.71 bits per heavy atom. The number of hydrogen-bond donors (Lipinski definition) is 1. The molecule has 0 aromatic heterocycles. The van der Waals surface area contributed by atoms with Crippen LogP contribution in [0.25, 0.3) is 0 Å². The molecule has 0 aromatic carbocycles. The molecule has 0 spiro atoms. The fraction of sp³-hybridized carbons (Fsp3) is 0.727. The number of carboxylic acids is 1. The van der Waals surface area contributed by atoms with Crippen molar-refractivity contribution in [1.29, 1.82) is 5.26 Å². The lowest BCUT2D eigenvalue weighted by atomic mass is 10.1. The highest BCUT2D eigenvalue weighted by Gasteiger charge is 2.12. The van der Waals surface area contributed by atoms with Gasteiger partial charge in [-0.05, 0) is 6.42 Å². The number of carboxylic acid groups (broad SMARTS) is 1. The van der Waals surface area contributed by atoms with Crippen LogP contribution in [0.4, 0.5) is 0 Å². The Morgan fingerprint density at radius 3 is 2.94 bits per heavy atom. The summed E-state index contributed by atoms with van der Waals surface area (Å²) in [6, 6.07) is 1.88. The number of nitriles is 1. The van der Waals surface area contributed by atoms with Crippen LogP contribution in [0, 0.1) is 17.2 Å². The number of rotatable bonds is 9. The van der Waals surface area contributed by atoms with Crippen molar-refractivity contribution < 1.29 is 19.5 Å². The van der Waals surface area contributed by atoms with E-state index in [1.165, 1.54) is 5.80 Å². The van der Waals surface area contributed by atoms with Crippen LogP contribution in [0.5, 0.6) is 0 Å². The van der Waals surface area contributed by atoms with Gasteiger partial charge in [0, 0.05) is 6.42 Å². The molecule has 2 unspecified atom stereocenters. The first-order valence-electron chi connectivity index (χ1n) is 5.56. The first kappa shape index (κ1) is 16.1. The van der Waals surface area contributed by atoms with Crippen molar-refractivity contribution in [3.8, 4) is 6.07 Å². The van der Waals surface area contributed by atoms with E-state index < -0.39 is 19.7 Å². The molecule has 6 heteroatoms. The predicted octanol–water partition coefficient (Wildman–Crippen LogP) is 1.32. The molecular weight excluding hydrogens is 241 g/mol. The van der Waals surface area contributed by atoms with Gasteiger partial charge in [-0.3, -0.25) is 4.79 Å². The van der Waals surface area contributed by atoms with Crippen molar-refractivity contribution in [3.05, 3.63) is 0 Å². The summed E-state index contributed by atoms with van der Waals surface area (Å²) in [5.41, 5.74) is 0. The van der Waals surface area contributed by atoms with Crippen molar-refractivity contribution in [2.75, 3.05) is 13.0 Å². The van der Waals surface area contributed by atoms with E-state index in [2.05, 4.69) is 0 Å². The highest BCUT2D eigenvalue weighted by molar-refractivity contribution is 7.49. The number of unbranched alkanes of at least 4 members (excludes halogenated alkanes) is 1. The molecule has 0 fully saturated rings. The fourth-order valence-electron chi connectivity index (χ4n) is 1.09. The zero-order valence-electron chi connectivity index (χ0n) is 9.96. The highest BCUT2D eigenvalue weighted by atomic mass is 31.1. The van der Waals surface area contributed by atoms with Crippen molar-refractivity contribution in [2.24, 2.45) is 5.92 Å². The van der Waals surface area contributed by atoms with E-state index >= 15 is 0 Å². The summed E-state index contributed by atoms with van der Waals surface area (Å²) >= 11 is 0. The van der Waals surface area contributed by atoms with E-state index in [4.69, 9.17) is 15.1 Å². The lowest BCUT2D eigenvalue weighted by Gasteiger charge is -2.03. The third kappa shape index (κ3) is 9.95. The van der Waals surface area contributed by atoms with Crippen LogP contribution in [0.2, 0.25) is 0 Å². The van der Waals surface area contributed by atoms with Crippen LogP contribution >= 0.6 is 7.77 Å². The van der Waals surface area contributed by atoms with Crippen LogP contribution in [0.15, 0.2) is 0 Å². The largest absolute Gasteiger partial charge is 0.629 e. The summed E-state index contributed by atoms with van der Waals surface area (Å²) < 4.78 is 5.17. The lowest BCUT2D eigenvalue weighted by molar-refractivity contribution is -0.157. The molecule has 0 heterocycles. The summed E-state index contributed by atoms with van der Waals surface area (Å²) in [7, 11) is -1.60. The molecule has 0 bridgehead atoms. The molecule has 2 atom stereocenters. The standard InChI is InChI=1S/C11H18NO4P/c1-2-3-5-16-9-17(15)6-4-10(8-12)7-11(13)14/h6,10H,2-5,7,9H2,1H3,(H,13,14). The van der Waals surface area contributed by atoms with Gasteiger partial charge in [0.1, 0.15) is 0 Å². The minimum absolute atomic E-state index is 0.153. The summed E-state index contributed by atoms with van der Waals surface area (Å²) in [5.74, 6) is -0.139. The van der Waals surface area contributed by atoms with E-state index in [1.54, 1.807) is 0 Å². The van der Waals surface area contributed by atoms with Crippen molar-refractivity contribution in [2.45, 2.75) is 32.6 Å². The summed E-state index contributed by atoms with van der Waals surface area (Å²) in [6.45, 7) is 2.63. The van der Waals surface area contributed by atoms with Gasteiger partial charge in [0.2, 0.25) is 6.35 Å². The molecule has 5 nitrogen and oxygen atoms in total. The van der Waals surface area contributed by atoms with Gasteiger partial charge >= 0.3 is 5.97 Å². The van der Waals surface area contributed by atoms with Crippen LogP contribution in [-0.2, 0) is 9.53 Å². The maximum atomic E-state index is 11.4. The molecule has 0 rings (SSSR count). The SMILES string of the molecule is CCCCOC/[P+]([O-])=C/CC(C#N)CC(=O)O. The number of hydrogen-bond acceptors (Lipinski definition) is 4. The van der Waals surface area contributed by atoms with Crippen LogP contribution in [-0.4, -0.2) is 29.8 Å². The molecule has 0 saturated carbocycles. The first-order valence-corrected chi connectivity index (χ1v) is 7.07. The fourth-order valence-corrected chi connectivity index (χ4v) is 1.99. The Morgan fingerprint density at radius 2 is 2.41 bits per heavy atom. The predicted molar refractivity (Wildman–Crippen MR) is 64.7 cm³/mol. The Bertz CT molecular complexity index is 298. The maximum Gasteiger partial charge on any atom is 0.304 e. The minimum Gasteiger partial charge on any atom is -0.629 e. The van der Waals surface area contributed by atoms with Gasteiger partial charge in [0.15, 0.2) is 0 Å². The van der Waals surface area contributed by atoms with Gasteiger partial charge in [0.25, 0.3) is 0 Å². The lowest BCUT2D eigenvalue weighted by Crippen LogP contribution is -2.07. The number of carbonyl (C=O) groups is 1. The Labute approximate surface area is 102 Å². The Hall–Kier alpha value is -0.950. The second kappa shape index (κ2) is 10.2. The quantitative estimate of drug-likeness (QED) is 0.498. The topological polar surface area (TPSA) is 93.4 Å². The van der Waals surface area contributed by atoms with Crippen LogP contribution in [0.1, 0.15) is 32.6 Å². The zero-order chi connectivity index (χ0) is 13.1. The second-order valence-corrected chi connectivity index (χ2v) is 5.11. The first-order chi connectivity index (χ1) is 8.10. The molecule has 96 valence electrons. The Kier molecular flexibility index (Phi) is 9.65. The molecule has 0 amide bonds. The molecule has 0 aliphatic carbocycles. The summed E-state index contributed by atoms with van der Waals surface area (Å²) in [6.07, 6.45) is 2.13. The minimum atomic E-state index is -1.60. The zero-order valence-corrected chi connectivity index (χ0v) is 10.9. The van der Waals surface area contributed by atoms with E-state index in [-0.39, 0.29) is 19.2 Å². The van der Waals surface area contributed by atoms with Gasteiger partial charge in [-0.2, -0.15) is 5.26 Å². The average molecular weight is 259 g/mol. The van der Waals surface area contributed by atoms with E-state index in [0.717, 1.165) is 12.8 Å². The van der Waals surface area contributed by atoms with Gasteiger partial charge < -0.3 is 14.7 Å². The van der Waals surface area contributed by atoms with Crippen LogP contribution in [0.3, 0.4) is 0 Å². The summed E-state index contributed by atoms with van der Waals surface area (Å²) in [4.78, 5) is 21.8. The third-order valence-electron chi connectivity index (χ3n) is 2.06. The third-order valence-corrected chi connectivity index (χ3v) is 3.11. The molecule has 0 aliphatic rings. The van der Waals surface area contributed by atoms with Gasteiger partial charge in [-0.1, -0.05) is 13.3 Å². The summed E-state index contributed by atoms with van der Waals surface area (Å²) in [5, 5.41) is 17.2. The number of ether oxygens (including phenoxy) is 1.